The number of benzene rings is 2. The second-order valence-corrected chi connectivity index (χ2v) is 8.86. The number of carbonyl (C=O) groups excluding carboxylic acids is 1. The molecule has 1 aliphatic carbocycles. The van der Waals surface area contributed by atoms with Gasteiger partial charge in [0.2, 0.25) is 0 Å². The zero-order chi connectivity index (χ0) is 25.9. The van der Waals surface area contributed by atoms with Crippen molar-refractivity contribution >= 4 is 29.7 Å². The topological polar surface area (TPSA) is 57.5 Å². The first kappa shape index (κ1) is 25.6. The summed E-state index contributed by atoms with van der Waals surface area (Å²) in [6, 6.07) is 14.2. The SMILES string of the molecule is COC(=O)c1ccc(CCn2c(/C=C/c3cccc(OC(F)(F)F)c3)c(C3CC3)cc(Cl)c2=O)cc1. The molecule has 9 heteroatoms. The fourth-order valence-electron chi connectivity index (χ4n) is 3.95. The van der Waals surface area contributed by atoms with Crippen LogP contribution in [0, 0.1) is 0 Å². The molecule has 0 spiro atoms. The Kier molecular flexibility index (Phi) is 7.54. The minimum Gasteiger partial charge on any atom is -0.465 e. The van der Waals surface area contributed by atoms with E-state index in [1.54, 1.807) is 53.1 Å². The predicted octanol–water partition coefficient (Wildman–Crippen LogP) is 6.48. The van der Waals surface area contributed by atoms with Crippen molar-refractivity contribution in [2.45, 2.75) is 38.1 Å². The van der Waals surface area contributed by atoms with Gasteiger partial charge in [0, 0.05) is 12.2 Å². The molecule has 1 fully saturated rings. The lowest BCUT2D eigenvalue weighted by molar-refractivity contribution is -0.274. The van der Waals surface area contributed by atoms with Crippen LogP contribution in [0.3, 0.4) is 0 Å². The maximum absolute atomic E-state index is 13.0. The van der Waals surface area contributed by atoms with Crippen molar-refractivity contribution in [3.63, 3.8) is 0 Å². The highest BCUT2D eigenvalue weighted by Gasteiger charge is 2.31. The highest BCUT2D eigenvalue weighted by atomic mass is 35.5. The first-order valence-corrected chi connectivity index (χ1v) is 11.7. The number of hydrogen-bond donors (Lipinski definition) is 0. The molecule has 1 aromatic heterocycles. The third kappa shape index (κ3) is 6.37. The zero-order valence-corrected chi connectivity index (χ0v) is 20.1. The minimum atomic E-state index is -4.78. The number of esters is 1. The average molecular weight is 518 g/mol. The molecule has 0 radical (unpaired) electrons. The number of hydrogen-bond acceptors (Lipinski definition) is 4. The molecule has 3 aromatic rings. The second-order valence-electron chi connectivity index (χ2n) is 8.46. The molecule has 188 valence electrons. The molecule has 0 saturated heterocycles. The van der Waals surface area contributed by atoms with E-state index in [1.807, 2.05) is 0 Å². The number of nitrogens with zero attached hydrogens (tertiary/aromatic N) is 1. The molecule has 0 bridgehead atoms. The van der Waals surface area contributed by atoms with Gasteiger partial charge in [-0.25, -0.2) is 4.79 Å². The van der Waals surface area contributed by atoms with E-state index >= 15 is 0 Å². The van der Waals surface area contributed by atoms with Crippen LogP contribution in [0.15, 0.2) is 59.4 Å². The van der Waals surface area contributed by atoms with Crippen molar-refractivity contribution in [3.05, 3.63) is 97.9 Å². The van der Waals surface area contributed by atoms with Crippen LogP contribution in [0.1, 0.15) is 51.5 Å². The van der Waals surface area contributed by atoms with E-state index in [1.165, 1.54) is 25.3 Å². The molecule has 1 aliphatic rings. The van der Waals surface area contributed by atoms with Crippen molar-refractivity contribution in [3.8, 4) is 5.75 Å². The molecule has 0 N–H and O–H groups in total. The Morgan fingerprint density at radius 1 is 1.11 bits per heavy atom. The fourth-order valence-corrected chi connectivity index (χ4v) is 4.17. The smallest absolute Gasteiger partial charge is 0.465 e. The molecule has 2 aromatic carbocycles. The number of alkyl halides is 3. The maximum Gasteiger partial charge on any atom is 0.573 e. The maximum atomic E-state index is 13.0. The molecule has 0 amide bonds. The molecule has 4 rings (SSSR count). The molecular weight excluding hydrogens is 495 g/mol. The van der Waals surface area contributed by atoms with E-state index in [0.717, 1.165) is 24.0 Å². The van der Waals surface area contributed by atoms with Crippen LogP contribution in [0.25, 0.3) is 12.2 Å². The van der Waals surface area contributed by atoms with E-state index < -0.39 is 12.3 Å². The van der Waals surface area contributed by atoms with Crippen molar-refractivity contribution in [2.24, 2.45) is 0 Å². The summed E-state index contributed by atoms with van der Waals surface area (Å²) in [4.78, 5) is 24.7. The third-order valence-corrected chi connectivity index (χ3v) is 6.13. The van der Waals surface area contributed by atoms with Gasteiger partial charge in [-0.2, -0.15) is 0 Å². The molecule has 1 heterocycles. The monoisotopic (exact) mass is 517 g/mol. The second kappa shape index (κ2) is 10.6. The van der Waals surface area contributed by atoms with Crippen molar-refractivity contribution in [2.75, 3.05) is 7.11 Å². The van der Waals surface area contributed by atoms with Gasteiger partial charge < -0.3 is 14.0 Å². The Labute approximate surface area is 210 Å². The minimum absolute atomic E-state index is 0.121. The quantitative estimate of drug-likeness (QED) is 0.321. The van der Waals surface area contributed by atoms with Crippen molar-refractivity contribution in [1.82, 2.24) is 4.57 Å². The molecule has 0 atom stereocenters. The number of aryl methyl sites for hydroxylation is 1. The van der Waals surface area contributed by atoms with Gasteiger partial charge in [0.25, 0.3) is 5.56 Å². The first-order valence-electron chi connectivity index (χ1n) is 11.3. The number of aromatic nitrogens is 1. The Bertz CT molecular complexity index is 1340. The molecule has 0 unspecified atom stereocenters. The largest absolute Gasteiger partial charge is 0.573 e. The van der Waals surface area contributed by atoms with Crippen molar-refractivity contribution in [1.29, 1.82) is 0 Å². The summed E-state index contributed by atoms with van der Waals surface area (Å²) in [6.45, 7) is 0.327. The molecule has 36 heavy (non-hydrogen) atoms. The van der Waals surface area contributed by atoms with Gasteiger partial charge in [-0.05, 0) is 78.3 Å². The summed E-state index contributed by atoms with van der Waals surface area (Å²) in [6.07, 6.45) is 1.05. The summed E-state index contributed by atoms with van der Waals surface area (Å²) >= 11 is 6.28. The van der Waals surface area contributed by atoms with Gasteiger partial charge >= 0.3 is 12.3 Å². The zero-order valence-electron chi connectivity index (χ0n) is 19.3. The fraction of sp³-hybridized carbons (Fsp3) is 0.259. The van der Waals surface area contributed by atoms with Crippen LogP contribution in [-0.4, -0.2) is 24.0 Å². The molecular formula is C27H23ClF3NO4. The van der Waals surface area contributed by atoms with Crippen LogP contribution in [0.4, 0.5) is 13.2 Å². The van der Waals surface area contributed by atoms with Crippen molar-refractivity contribution < 1.29 is 27.4 Å². The Balaban J connectivity index is 1.64. The summed E-state index contributed by atoms with van der Waals surface area (Å²) in [5.74, 6) is -0.483. The van der Waals surface area contributed by atoms with E-state index in [9.17, 15) is 22.8 Å². The van der Waals surface area contributed by atoms with E-state index in [-0.39, 0.29) is 22.2 Å². The van der Waals surface area contributed by atoms with Crippen LogP contribution < -0.4 is 10.3 Å². The lowest BCUT2D eigenvalue weighted by Gasteiger charge is -2.16. The average Bonchev–Trinajstić information content (AvgIpc) is 3.68. The highest BCUT2D eigenvalue weighted by molar-refractivity contribution is 6.30. The van der Waals surface area contributed by atoms with Crippen LogP contribution in [-0.2, 0) is 17.7 Å². The number of methoxy groups -OCH3 is 1. The lowest BCUT2D eigenvalue weighted by atomic mass is 10.1. The molecule has 5 nitrogen and oxygen atoms in total. The summed E-state index contributed by atoms with van der Waals surface area (Å²) in [7, 11) is 1.31. The number of ether oxygens (including phenoxy) is 2. The normalized spacial score (nSPS) is 13.7. The van der Waals surface area contributed by atoms with E-state index in [4.69, 9.17) is 16.3 Å². The Morgan fingerprint density at radius 2 is 1.83 bits per heavy atom. The van der Waals surface area contributed by atoms with Crippen LogP contribution >= 0.6 is 11.6 Å². The number of pyridine rings is 1. The summed E-state index contributed by atoms with van der Waals surface area (Å²) in [5, 5.41) is 0.121. The number of carbonyl (C=O) groups is 1. The molecule has 0 aliphatic heterocycles. The number of rotatable bonds is 8. The number of halogens is 4. The van der Waals surface area contributed by atoms with Crippen LogP contribution in [0.5, 0.6) is 5.75 Å². The lowest BCUT2D eigenvalue weighted by Crippen LogP contribution is -2.25. The van der Waals surface area contributed by atoms with Gasteiger partial charge in [0.15, 0.2) is 0 Å². The summed E-state index contributed by atoms with van der Waals surface area (Å²) in [5.41, 5.74) is 3.08. The van der Waals surface area contributed by atoms with E-state index in [2.05, 4.69) is 4.74 Å². The Morgan fingerprint density at radius 3 is 2.47 bits per heavy atom. The highest BCUT2D eigenvalue weighted by Crippen LogP contribution is 2.42. The van der Waals surface area contributed by atoms with Crippen LogP contribution in [0.2, 0.25) is 5.02 Å². The van der Waals surface area contributed by atoms with Gasteiger partial charge in [0.1, 0.15) is 10.8 Å². The standard InChI is InChI=1S/C27H23ClF3NO4/c1-35-26(34)20-8-5-17(6-9-20)13-14-32-24(22(19-10-11-19)16-23(28)25(32)33)12-7-18-3-2-4-21(15-18)36-27(29,30)31/h2-9,12,15-16,19H,10-11,13-14H2,1H3/b12-7+. The third-order valence-electron chi connectivity index (χ3n) is 5.86. The predicted molar refractivity (Wildman–Crippen MR) is 131 cm³/mol. The van der Waals surface area contributed by atoms with Gasteiger partial charge in [-0.3, -0.25) is 4.79 Å². The molecule has 1 saturated carbocycles. The van der Waals surface area contributed by atoms with Gasteiger partial charge in [-0.1, -0.05) is 41.9 Å². The first-order chi connectivity index (χ1) is 17.1. The van der Waals surface area contributed by atoms with Gasteiger partial charge in [-0.15, -0.1) is 13.2 Å². The van der Waals surface area contributed by atoms with Gasteiger partial charge in [0.05, 0.1) is 12.7 Å². The Hall–Kier alpha value is -3.52. The summed E-state index contributed by atoms with van der Waals surface area (Å²) < 4.78 is 48.1. The van der Waals surface area contributed by atoms with E-state index in [0.29, 0.717) is 29.8 Å².